The van der Waals surface area contributed by atoms with Crippen LogP contribution in [0.5, 0.6) is 11.6 Å². The Labute approximate surface area is 140 Å². The number of piperazine rings is 1. The highest BCUT2D eigenvalue weighted by molar-refractivity contribution is 5.76. The third-order valence-corrected chi connectivity index (χ3v) is 4.29. The van der Waals surface area contributed by atoms with Gasteiger partial charge < -0.3 is 14.6 Å². The molecule has 1 fully saturated rings. The highest BCUT2D eigenvalue weighted by Crippen LogP contribution is 2.22. The van der Waals surface area contributed by atoms with Gasteiger partial charge in [0.05, 0.1) is 23.1 Å². The molecule has 0 spiro atoms. The van der Waals surface area contributed by atoms with Crippen molar-refractivity contribution in [3.05, 3.63) is 42.4 Å². The summed E-state index contributed by atoms with van der Waals surface area (Å²) in [4.78, 5) is 12.0. The molecule has 0 saturated carbocycles. The van der Waals surface area contributed by atoms with Gasteiger partial charge in [0.15, 0.2) is 0 Å². The molecule has 1 aliphatic heterocycles. The Bertz CT molecular complexity index is 807. The standard InChI is InChI=1S/C17H20N6O/c1-22-6-8-23(9-7-22)11-13-2-5-17(21-20-13)24-14-3-4-15-16(10-14)19-12-18-15/h2-5,10,12H,6-9,11H2,1H3,(H,18,19). The van der Waals surface area contributed by atoms with Crippen molar-refractivity contribution in [2.24, 2.45) is 0 Å². The van der Waals surface area contributed by atoms with E-state index in [0.29, 0.717) is 11.6 Å². The van der Waals surface area contributed by atoms with Crippen LogP contribution < -0.4 is 4.74 Å². The fourth-order valence-corrected chi connectivity index (χ4v) is 2.82. The molecule has 7 nitrogen and oxygen atoms in total. The average Bonchev–Trinajstić information content (AvgIpc) is 3.06. The van der Waals surface area contributed by atoms with Gasteiger partial charge in [-0.2, -0.15) is 5.10 Å². The molecular formula is C17H20N6O. The number of likely N-dealkylation sites (N-methyl/N-ethyl adjacent to an activating group) is 1. The van der Waals surface area contributed by atoms with Gasteiger partial charge in [-0.05, 0) is 25.2 Å². The molecule has 0 unspecified atom stereocenters. The van der Waals surface area contributed by atoms with Crippen LogP contribution in [0, 0.1) is 0 Å². The molecule has 1 saturated heterocycles. The highest BCUT2D eigenvalue weighted by Gasteiger charge is 2.14. The van der Waals surface area contributed by atoms with Gasteiger partial charge in [0.25, 0.3) is 0 Å². The number of fused-ring (bicyclic) bond motifs is 1. The van der Waals surface area contributed by atoms with E-state index in [2.05, 4.69) is 37.0 Å². The number of ether oxygens (including phenoxy) is 1. The van der Waals surface area contributed by atoms with Gasteiger partial charge in [-0.1, -0.05) is 0 Å². The second kappa shape index (κ2) is 6.54. The zero-order chi connectivity index (χ0) is 16.4. The summed E-state index contributed by atoms with van der Waals surface area (Å²) in [6, 6.07) is 9.56. The van der Waals surface area contributed by atoms with Gasteiger partial charge in [-0.25, -0.2) is 4.98 Å². The monoisotopic (exact) mass is 324 g/mol. The molecule has 4 rings (SSSR count). The van der Waals surface area contributed by atoms with Crippen LogP contribution in [-0.4, -0.2) is 63.2 Å². The summed E-state index contributed by atoms with van der Waals surface area (Å²) in [5.74, 6) is 1.20. The molecule has 1 N–H and O–H groups in total. The number of imidazole rings is 1. The largest absolute Gasteiger partial charge is 0.437 e. The third kappa shape index (κ3) is 3.37. The summed E-state index contributed by atoms with van der Waals surface area (Å²) in [6.07, 6.45) is 1.67. The normalized spacial score (nSPS) is 16.5. The maximum atomic E-state index is 5.77. The summed E-state index contributed by atoms with van der Waals surface area (Å²) in [5, 5.41) is 8.47. The van der Waals surface area contributed by atoms with Crippen molar-refractivity contribution in [2.45, 2.75) is 6.54 Å². The maximum absolute atomic E-state index is 5.77. The Kier molecular flexibility index (Phi) is 4.10. The van der Waals surface area contributed by atoms with Crippen molar-refractivity contribution >= 4 is 11.0 Å². The number of nitrogens with zero attached hydrogens (tertiary/aromatic N) is 5. The first-order chi connectivity index (χ1) is 11.8. The lowest BCUT2D eigenvalue weighted by molar-refractivity contribution is 0.146. The quantitative estimate of drug-likeness (QED) is 0.790. The van der Waals surface area contributed by atoms with Crippen molar-refractivity contribution in [1.29, 1.82) is 0 Å². The number of hydrogen-bond acceptors (Lipinski definition) is 6. The van der Waals surface area contributed by atoms with Crippen molar-refractivity contribution < 1.29 is 4.74 Å². The summed E-state index contributed by atoms with van der Waals surface area (Å²) in [6.45, 7) is 5.18. The summed E-state index contributed by atoms with van der Waals surface area (Å²) in [5.41, 5.74) is 2.82. The van der Waals surface area contributed by atoms with Gasteiger partial charge >= 0.3 is 0 Å². The van der Waals surface area contributed by atoms with Crippen LogP contribution in [0.1, 0.15) is 5.69 Å². The number of H-pyrrole nitrogens is 1. The number of benzene rings is 1. The van der Waals surface area contributed by atoms with E-state index in [1.165, 1.54) is 0 Å². The molecule has 1 aliphatic rings. The van der Waals surface area contributed by atoms with Crippen molar-refractivity contribution in [3.8, 4) is 11.6 Å². The number of aromatic amines is 1. The van der Waals surface area contributed by atoms with Gasteiger partial charge in [0, 0.05) is 44.9 Å². The first kappa shape index (κ1) is 15.0. The molecule has 0 bridgehead atoms. The molecule has 0 aliphatic carbocycles. The number of rotatable bonds is 4. The Morgan fingerprint density at radius 1 is 1.08 bits per heavy atom. The first-order valence-electron chi connectivity index (χ1n) is 8.11. The first-order valence-corrected chi connectivity index (χ1v) is 8.11. The van der Waals surface area contributed by atoms with Crippen LogP contribution in [-0.2, 0) is 6.54 Å². The van der Waals surface area contributed by atoms with Gasteiger partial charge in [-0.15, -0.1) is 5.10 Å². The number of nitrogens with one attached hydrogen (secondary N) is 1. The minimum absolute atomic E-state index is 0.493. The molecule has 24 heavy (non-hydrogen) atoms. The second-order valence-electron chi connectivity index (χ2n) is 6.13. The van der Waals surface area contributed by atoms with E-state index in [1.54, 1.807) is 6.33 Å². The lowest BCUT2D eigenvalue weighted by Gasteiger charge is -2.31. The van der Waals surface area contributed by atoms with Crippen molar-refractivity contribution in [3.63, 3.8) is 0 Å². The molecule has 124 valence electrons. The summed E-state index contributed by atoms with van der Waals surface area (Å²) < 4.78 is 5.77. The Morgan fingerprint density at radius 2 is 1.96 bits per heavy atom. The molecule has 0 amide bonds. The van der Waals surface area contributed by atoms with E-state index in [1.807, 2.05) is 30.3 Å². The minimum Gasteiger partial charge on any atom is -0.437 e. The minimum atomic E-state index is 0.493. The molecule has 2 aromatic heterocycles. The second-order valence-corrected chi connectivity index (χ2v) is 6.13. The van der Waals surface area contributed by atoms with E-state index in [0.717, 1.165) is 49.5 Å². The molecule has 3 aromatic rings. The molecule has 0 atom stereocenters. The van der Waals surface area contributed by atoms with Gasteiger partial charge in [-0.3, -0.25) is 4.90 Å². The third-order valence-electron chi connectivity index (χ3n) is 4.29. The van der Waals surface area contributed by atoms with Crippen LogP contribution in [0.3, 0.4) is 0 Å². The predicted molar refractivity (Wildman–Crippen MR) is 91.0 cm³/mol. The van der Waals surface area contributed by atoms with E-state index >= 15 is 0 Å². The summed E-state index contributed by atoms with van der Waals surface area (Å²) >= 11 is 0. The van der Waals surface area contributed by atoms with Crippen molar-refractivity contribution in [1.82, 2.24) is 30.0 Å². The Balaban J connectivity index is 1.40. The van der Waals surface area contributed by atoms with Crippen LogP contribution in [0.15, 0.2) is 36.7 Å². The van der Waals surface area contributed by atoms with Crippen LogP contribution in [0.4, 0.5) is 0 Å². The van der Waals surface area contributed by atoms with Gasteiger partial charge in [0.1, 0.15) is 5.75 Å². The molecular weight excluding hydrogens is 304 g/mol. The molecule has 1 aromatic carbocycles. The van der Waals surface area contributed by atoms with Gasteiger partial charge in [0.2, 0.25) is 5.88 Å². The average molecular weight is 324 g/mol. The fraction of sp³-hybridized carbons (Fsp3) is 0.353. The smallest absolute Gasteiger partial charge is 0.238 e. The fourth-order valence-electron chi connectivity index (χ4n) is 2.82. The lowest BCUT2D eigenvalue weighted by Crippen LogP contribution is -2.44. The van der Waals surface area contributed by atoms with Crippen LogP contribution >= 0.6 is 0 Å². The highest BCUT2D eigenvalue weighted by atomic mass is 16.5. The Morgan fingerprint density at radius 3 is 2.75 bits per heavy atom. The molecule has 3 heterocycles. The zero-order valence-electron chi connectivity index (χ0n) is 13.6. The van der Waals surface area contributed by atoms with E-state index in [4.69, 9.17) is 4.74 Å². The number of aromatic nitrogens is 4. The SMILES string of the molecule is CN1CCN(Cc2ccc(Oc3ccc4[nH]cnc4c3)nn2)CC1. The van der Waals surface area contributed by atoms with E-state index in [-0.39, 0.29) is 0 Å². The summed E-state index contributed by atoms with van der Waals surface area (Å²) in [7, 11) is 2.16. The van der Waals surface area contributed by atoms with Crippen molar-refractivity contribution in [2.75, 3.05) is 33.2 Å². The molecule has 7 heteroatoms. The topological polar surface area (TPSA) is 70.2 Å². The van der Waals surface area contributed by atoms with Crippen LogP contribution in [0.25, 0.3) is 11.0 Å². The Hall–Kier alpha value is -2.51. The number of hydrogen-bond donors (Lipinski definition) is 1. The molecule has 0 radical (unpaired) electrons. The van der Waals surface area contributed by atoms with E-state index < -0.39 is 0 Å². The van der Waals surface area contributed by atoms with E-state index in [9.17, 15) is 0 Å². The zero-order valence-corrected chi connectivity index (χ0v) is 13.6. The predicted octanol–water partition coefficient (Wildman–Crippen LogP) is 1.89. The maximum Gasteiger partial charge on any atom is 0.238 e. The van der Waals surface area contributed by atoms with Crippen LogP contribution in [0.2, 0.25) is 0 Å². The lowest BCUT2D eigenvalue weighted by atomic mass is 10.3.